The molecule has 0 aliphatic heterocycles. The summed E-state index contributed by atoms with van der Waals surface area (Å²) < 4.78 is 14.4. The molecule has 8 nitrogen and oxygen atoms in total. The highest BCUT2D eigenvalue weighted by atomic mass is 16.5. The maximum absolute atomic E-state index is 11.6. The summed E-state index contributed by atoms with van der Waals surface area (Å²) in [5.41, 5.74) is 0. The van der Waals surface area contributed by atoms with Gasteiger partial charge in [0.1, 0.15) is 6.04 Å². The van der Waals surface area contributed by atoms with E-state index in [-0.39, 0.29) is 25.9 Å². The third kappa shape index (κ3) is 9.29. The van der Waals surface area contributed by atoms with E-state index >= 15 is 0 Å². The Morgan fingerprint density at radius 2 is 1.80 bits per heavy atom. The number of esters is 1. The van der Waals surface area contributed by atoms with Crippen LogP contribution in [0, 0.1) is 0 Å². The minimum Gasteiger partial charge on any atom is -0.481 e. The van der Waals surface area contributed by atoms with E-state index in [9.17, 15) is 14.4 Å². The first-order valence-electron chi connectivity index (χ1n) is 6.17. The van der Waals surface area contributed by atoms with Gasteiger partial charge in [-0.25, -0.2) is 4.79 Å². The number of nitrogens with one attached hydrogen (secondary N) is 1. The number of hydrogen-bond donors (Lipinski definition) is 2. The number of carboxylic acids is 1. The number of methoxy groups -OCH3 is 2. The first-order valence-corrected chi connectivity index (χ1v) is 6.17. The van der Waals surface area contributed by atoms with Gasteiger partial charge in [0.25, 0.3) is 0 Å². The van der Waals surface area contributed by atoms with Gasteiger partial charge in [-0.05, 0) is 6.42 Å². The molecule has 0 rings (SSSR count). The van der Waals surface area contributed by atoms with E-state index in [1.807, 2.05) is 0 Å². The minimum atomic E-state index is -1.05. The summed E-state index contributed by atoms with van der Waals surface area (Å²) in [6.07, 6.45) is -0.174. The molecule has 0 aliphatic carbocycles. The Kier molecular flexibility index (Phi) is 10.2. The van der Waals surface area contributed by atoms with Gasteiger partial charge >= 0.3 is 11.9 Å². The van der Waals surface area contributed by atoms with Gasteiger partial charge in [0.05, 0.1) is 26.9 Å². The SMILES string of the molecule is COCCOCCC(=O)NC(CCC(=O)O)C(=O)OC. The Morgan fingerprint density at radius 3 is 2.35 bits per heavy atom. The standard InChI is InChI=1S/C12H21NO7/c1-18-7-8-20-6-5-10(14)13-9(12(17)19-2)3-4-11(15)16/h9H,3-8H2,1-2H3,(H,13,14)(H,15,16). The zero-order valence-electron chi connectivity index (χ0n) is 11.7. The van der Waals surface area contributed by atoms with E-state index in [1.54, 1.807) is 7.11 Å². The van der Waals surface area contributed by atoms with Gasteiger partial charge in [-0.3, -0.25) is 9.59 Å². The summed E-state index contributed by atoms with van der Waals surface area (Å²) in [5.74, 6) is -2.11. The normalized spacial score (nSPS) is 11.7. The monoisotopic (exact) mass is 291 g/mol. The van der Waals surface area contributed by atoms with Gasteiger partial charge in [-0.15, -0.1) is 0 Å². The summed E-state index contributed by atoms with van der Waals surface area (Å²) in [4.78, 5) is 33.4. The minimum absolute atomic E-state index is 0.0156. The molecular weight excluding hydrogens is 270 g/mol. The summed E-state index contributed by atoms with van der Waals surface area (Å²) >= 11 is 0. The predicted octanol–water partition coefficient (Wildman–Crippen LogP) is -0.438. The number of carbonyl (C=O) groups is 3. The number of carbonyl (C=O) groups excluding carboxylic acids is 2. The van der Waals surface area contributed by atoms with Gasteiger partial charge in [0, 0.05) is 20.0 Å². The third-order valence-electron chi connectivity index (χ3n) is 2.37. The highest BCUT2D eigenvalue weighted by Crippen LogP contribution is 2.01. The van der Waals surface area contributed by atoms with Crippen molar-refractivity contribution in [3.05, 3.63) is 0 Å². The van der Waals surface area contributed by atoms with Gasteiger partial charge in [0.2, 0.25) is 5.91 Å². The Hall–Kier alpha value is -1.67. The lowest BCUT2D eigenvalue weighted by Gasteiger charge is -2.15. The largest absolute Gasteiger partial charge is 0.481 e. The smallest absolute Gasteiger partial charge is 0.328 e. The second kappa shape index (κ2) is 11.2. The first-order chi connectivity index (χ1) is 9.51. The lowest BCUT2D eigenvalue weighted by molar-refractivity contribution is -0.146. The lowest BCUT2D eigenvalue weighted by Crippen LogP contribution is -2.42. The van der Waals surface area contributed by atoms with Gasteiger partial charge < -0.3 is 24.6 Å². The van der Waals surface area contributed by atoms with Crippen molar-refractivity contribution in [3.63, 3.8) is 0 Å². The molecule has 0 aromatic heterocycles. The molecular formula is C12H21NO7. The van der Waals surface area contributed by atoms with Crippen molar-refractivity contribution in [1.82, 2.24) is 5.32 Å². The molecule has 0 fully saturated rings. The summed E-state index contributed by atoms with van der Waals surface area (Å²) in [7, 11) is 2.72. The Bertz CT molecular complexity index is 319. The fourth-order valence-electron chi connectivity index (χ4n) is 1.33. The van der Waals surface area contributed by atoms with Crippen molar-refractivity contribution < 1.29 is 33.7 Å². The zero-order valence-corrected chi connectivity index (χ0v) is 11.7. The number of hydrogen-bond acceptors (Lipinski definition) is 6. The topological polar surface area (TPSA) is 111 Å². The number of aliphatic carboxylic acids is 1. The van der Waals surface area contributed by atoms with E-state index in [0.29, 0.717) is 13.2 Å². The quantitative estimate of drug-likeness (QED) is 0.392. The van der Waals surface area contributed by atoms with E-state index in [2.05, 4.69) is 10.1 Å². The summed E-state index contributed by atoms with van der Waals surface area (Å²) in [5, 5.41) is 11.0. The second-order valence-electron chi connectivity index (χ2n) is 3.93. The van der Waals surface area contributed by atoms with Crippen molar-refractivity contribution in [2.24, 2.45) is 0 Å². The fourth-order valence-corrected chi connectivity index (χ4v) is 1.33. The van der Waals surface area contributed by atoms with Crippen molar-refractivity contribution >= 4 is 17.8 Å². The van der Waals surface area contributed by atoms with E-state index in [1.165, 1.54) is 7.11 Å². The van der Waals surface area contributed by atoms with Gasteiger partial charge in [0.15, 0.2) is 0 Å². The van der Waals surface area contributed by atoms with E-state index in [4.69, 9.17) is 14.6 Å². The van der Waals surface area contributed by atoms with Crippen molar-refractivity contribution in [1.29, 1.82) is 0 Å². The van der Waals surface area contributed by atoms with E-state index in [0.717, 1.165) is 0 Å². The van der Waals surface area contributed by atoms with E-state index < -0.39 is 23.9 Å². The average molecular weight is 291 g/mol. The highest BCUT2D eigenvalue weighted by molar-refractivity contribution is 5.84. The lowest BCUT2D eigenvalue weighted by atomic mass is 10.1. The number of ether oxygens (including phenoxy) is 3. The second-order valence-corrected chi connectivity index (χ2v) is 3.93. The zero-order chi connectivity index (χ0) is 15.4. The molecule has 8 heteroatoms. The highest BCUT2D eigenvalue weighted by Gasteiger charge is 2.22. The molecule has 0 bridgehead atoms. The molecule has 0 heterocycles. The Balaban J connectivity index is 4.05. The van der Waals surface area contributed by atoms with Crippen LogP contribution in [0.2, 0.25) is 0 Å². The van der Waals surface area contributed by atoms with Crippen LogP contribution in [0.1, 0.15) is 19.3 Å². The maximum atomic E-state index is 11.6. The van der Waals surface area contributed by atoms with Crippen LogP contribution in [0.5, 0.6) is 0 Å². The van der Waals surface area contributed by atoms with Gasteiger partial charge in [-0.1, -0.05) is 0 Å². The van der Waals surface area contributed by atoms with Crippen LogP contribution in [0.4, 0.5) is 0 Å². The Labute approximate surface area is 117 Å². The van der Waals surface area contributed by atoms with Crippen LogP contribution >= 0.6 is 0 Å². The Morgan fingerprint density at radius 1 is 1.10 bits per heavy atom. The summed E-state index contributed by atoms with van der Waals surface area (Å²) in [6, 6.07) is -0.956. The van der Waals surface area contributed by atoms with Gasteiger partial charge in [-0.2, -0.15) is 0 Å². The van der Waals surface area contributed by atoms with Crippen LogP contribution in [0.25, 0.3) is 0 Å². The molecule has 1 unspecified atom stereocenters. The van der Waals surface area contributed by atoms with Crippen molar-refractivity contribution in [2.75, 3.05) is 34.0 Å². The van der Waals surface area contributed by atoms with Crippen LogP contribution in [-0.2, 0) is 28.6 Å². The van der Waals surface area contributed by atoms with Crippen molar-refractivity contribution in [2.45, 2.75) is 25.3 Å². The van der Waals surface area contributed by atoms with Crippen LogP contribution in [0.15, 0.2) is 0 Å². The summed E-state index contributed by atoms with van der Waals surface area (Å²) in [6.45, 7) is 1.01. The predicted molar refractivity (Wildman–Crippen MR) is 68.1 cm³/mol. The van der Waals surface area contributed by atoms with Crippen LogP contribution < -0.4 is 5.32 Å². The number of carboxylic acid groups (broad SMARTS) is 1. The molecule has 1 amide bonds. The maximum Gasteiger partial charge on any atom is 0.328 e. The molecule has 0 radical (unpaired) electrons. The molecule has 0 aromatic rings. The molecule has 1 atom stereocenters. The molecule has 0 aromatic carbocycles. The fraction of sp³-hybridized carbons (Fsp3) is 0.750. The molecule has 2 N–H and O–H groups in total. The van der Waals surface area contributed by atoms with Crippen LogP contribution in [0.3, 0.4) is 0 Å². The molecule has 0 saturated heterocycles. The number of amides is 1. The first kappa shape index (κ1) is 18.3. The average Bonchev–Trinajstić information content (AvgIpc) is 2.42. The third-order valence-corrected chi connectivity index (χ3v) is 2.37. The number of rotatable bonds is 11. The molecule has 116 valence electrons. The molecule has 0 spiro atoms. The van der Waals surface area contributed by atoms with Crippen molar-refractivity contribution in [3.8, 4) is 0 Å². The molecule has 0 saturated carbocycles. The molecule has 0 aliphatic rings. The molecule has 20 heavy (non-hydrogen) atoms. The van der Waals surface area contributed by atoms with Crippen LogP contribution in [-0.4, -0.2) is 63.0 Å².